The Morgan fingerprint density at radius 2 is 2.00 bits per heavy atom. The van der Waals surface area contributed by atoms with E-state index in [1.165, 1.54) is 38.6 Å². The average molecular weight is 296 g/mol. The molecular weight excluding hydrogens is 260 g/mol. The van der Waals surface area contributed by atoms with Crippen molar-refractivity contribution in [1.82, 2.24) is 10.2 Å². The van der Waals surface area contributed by atoms with E-state index in [1.54, 1.807) is 0 Å². The van der Waals surface area contributed by atoms with E-state index in [1.807, 2.05) is 0 Å². The van der Waals surface area contributed by atoms with E-state index in [0.717, 1.165) is 31.5 Å². The Kier molecular flexibility index (Phi) is 6.97. The Morgan fingerprint density at radius 3 is 2.67 bits per heavy atom. The van der Waals surface area contributed by atoms with Crippen LogP contribution in [0.2, 0.25) is 0 Å². The molecule has 0 aromatic carbocycles. The smallest absolute Gasteiger partial charge is 0.0702 e. The van der Waals surface area contributed by atoms with Crippen LogP contribution in [0.3, 0.4) is 0 Å². The highest BCUT2D eigenvalue weighted by molar-refractivity contribution is 4.93. The van der Waals surface area contributed by atoms with Crippen LogP contribution < -0.4 is 5.32 Å². The van der Waals surface area contributed by atoms with Crippen molar-refractivity contribution in [2.75, 3.05) is 26.2 Å². The number of nitrogens with one attached hydrogen (secondary N) is 1. The van der Waals surface area contributed by atoms with Gasteiger partial charge in [-0.2, -0.15) is 0 Å². The van der Waals surface area contributed by atoms with Crippen molar-refractivity contribution in [2.24, 2.45) is 11.8 Å². The molecule has 1 saturated heterocycles. The molecule has 1 heterocycles. The first kappa shape index (κ1) is 17.2. The van der Waals surface area contributed by atoms with Crippen molar-refractivity contribution < 1.29 is 4.74 Å². The van der Waals surface area contributed by atoms with Crippen LogP contribution in [0.25, 0.3) is 0 Å². The molecule has 0 aromatic heterocycles. The van der Waals surface area contributed by atoms with Gasteiger partial charge in [-0.25, -0.2) is 0 Å². The van der Waals surface area contributed by atoms with Crippen LogP contribution >= 0.6 is 0 Å². The molecule has 4 unspecified atom stereocenters. The van der Waals surface area contributed by atoms with Crippen molar-refractivity contribution in [3.63, 3.8) is 0 Å². The van der Waals surface area contributed by atoms with Crippen molar-refractivity contribution >= 4 is 0 Å². The quantitative estimate of drug-likeness (QED) is 0.814. The van der Waals surface area contributed by atoms with Gasteiger partial charge in [0.25, 0.3) is 0 Å². The molecule has 2 fully saturated rings. The normalized spacial score (nSPS) is 35.3. The van der Waals surface area contributed by atoms with Gasteiger partial charge in [-0.1, -0.05) is 20.8 Å². The van der Waals surface area contributed by atoms with Gasteiger partial charge < -0.3 is 10.1 Å². The van der Waals surface area contributed by atoms with Crippen LogP contribution in [0, 0.1) is 11.8 Å². The second-order valence-corrected chi connectivity index (χ2v) is 7.26. The maximum atomic E-state index is 5.91. The van der Waals surface area contributed by atoms with Gasteiger partial charge in [-0.15, -0.1) is 0 Å². The first-order chi connectivity index (χ1) is 10.2. The Bertz CT molecular complexity index is 293. The van der Waals surface area contributed by atoms with Crippen molar-refractivity contribution in [2.45, 2.75) is 78.0 Å². The van der Waals surface area contributed by atoms with Gasteiger partial charge in [0.2, 0.25) is 0 Å². The van der Waals surface area contributed by atoms with E-state index in [4.69, 9.17) is 4.74 Å². The third-order valence-corrected chi connectivity index (χ3v) is 5.55. The molecule has 0 radical (unpaired) electrons. The number of piperidine rings is 1. The zero-order chi connectivity index (χ0) is 15.2. The van der Waals surface area contributed by atoms with E-state index in [0.29, 0.717) is 18.2 Å². The molecule has 0 spiro atoms. The van der Waals surface area contributed by atoms with Crippen LogP contribution in [0.15, 0.2) is 0 Å². The maximum Gasteiger partial charge on any atom is 0.0702 e. The van der Waals surface area contributed by atoms with Gasteiger partial charge in [0.15, 0.2) is 0 Å². The van der Waals surface area contributed by atoms with Gasteiger partial charge in [0, 0.05) is 25.2 Å². The zero-order valence-corrected chi connectivity index (χ0v) is 14.6. The monoisotopic (exact) mass is 296 g/mol. The number of hydrogen-bond acceptors (Lipinski definition) is 3. The second kappa shape index (κ2) is 8.50. The zero-order valence-electron chi connectivity index (χ0n) is 14.6. The first-order valence-corrected chi connectivity index (χ1v) is 9.24. The Labute approximate surface area is 131 Å². The SMILES string of the molecule is CCNC1CCC(C(C)C)CC1N1CCCC(OCC)C1. The molecule has 1 saturated carbocycles. The van der Waals surface area contributed by atoms with E-state index < -0.39 is 0 Å². The minimum Gasteiger partial charge on any atom is -0.377 e. The highest BCUT2D eigenvalue weighted by atomic mass is 16.5. The van der Waals surface area contributed by atoms with Gasteiger partial charge in [0.1, 0.15) is 0 Å². The minimum atomic E-state index is 0.463. The number of likely N-dealkylation sites (tertiary alicyclic amines) is 1. The lowest BCUT2D eigenvalue weighted by atomic mass is 9.76. The standard InChI is InChI=1S/C18H36N2O/c1-5-19-17-10-9-15(14(3)4)12-18(17)20-11-7-8-16(13-20)21-6-2/h14-19H,5-13H2,1-4H3. The molecular formula is C18H36N2O. The fourth-order valence-corrected chi connectivity index (χ4v) is 4.33. The molecule has 124 valence electrons. The number of ether oxygens (including phenoxy) is 1. The molecule has 2 rings (SSSR count). The summed E-state index contributed by atoms with van der Waals surface area (Å²) in [5.74, 6) is 1.72. The number of likely N-dealkylation sites (N-methyl/N-ethyl adjacent to an activating group) is 1. The molecule has 3 nitrogen and oxygen atoms in total. The Morgan fingerprint density at radius 1 is 1.19 bits per heavy atom. The Balaban J connectivity index is 2.00. The van der Waals surface area contributed by atoms with E-state index in [9.17, 15) is 0 Å². The summed E-state index contributed by atoms with van der Waals surface area (Å²) in [4.78, 5) is 2.74. The summed E-state index contributed by atoms with van der Waals surface area (Å²) in [6.45, 7) is 13.5. The molecule has 0 aromatic rings. The third-order valence-electron chi connectivity index (χ3n) is 5.55. The highest BCUT2D eigenvalue weighted by Gasteiger charge is 2.36. The molecule has 21 heavy (non-hydrogen) atoms. The van der Waals surface area contributed by atoms with Crippen LogP contribution in [-0.4, -0.2) is 49.3 Å². The summed E-state index contributed by atoms with van der Waals surface area (Å²) < 4.78 is 5.91. The summed E-state index contributed by atoms with van der Waals surface area (Å²) in [5.41, 5.74) is 0. The summed E-state index contributed by atoms with van der Waals surface area (Å²) in [7, 11) is 0. The first-order valence-electron chi connectivity index (χ1n) is 9.24. The molecule has 1 aliphatic heterocycles. The fourth-order valence-electron chi connectivity index (χ4n) is 4.33. The van der Waals surface area contributed by atoms with E-state index >= 15 is 0 Å². The van der Waals surface area contributed by atoms with Crippen molar-refractivity contribution in [3.8, 4) is 0 Å². The summed E-state index contributed by atoms with van der Waals surface area (Å²) >= 11 is 0. The molecule has 3 heteroatoms. The lowest BCUT2D eigenvalue weighted by molar-refractivity contribution is -0.0246. The number of rotatable bonds is 6. The topological polar surface area (TPSA) is 24.5 Å². The van der Waals surface area contributed by atoms with Gasteiger partial charge in [-0.3, -0.25) is 4.90 Å². The molecule has 1 N–H and O–H groups in total. The van der Waals surface area contributed by atoms with Crippen LogP contribution in [-0.2, 0) is 4.74 Å². The second-order valence-electron chi connectivity index (χ2n) is 7.26. The molecule has 4 atom stereocenters. The third kappa shape index (κ3) is 4.67. The lowest BCUT2D eigenvalue weighted by Gasteiger charge is -2.46. The van der Waals surface area contributed by atoms with Crippen molar-refractivity contribution in [1.29, 1.82) is 0 Å². The molecule has 0 amide bonds. The summed E-state index contributed by atoms with van der Waals surface area (Å²) in [6.07, 6.45) is 7.12. The lowest BCUT2D eigenvalue weighted by Crippen LogP contribution is -2.57. The summed E-state index contributed by atoms with van der Waals surface area (Å²) in [5, 5.41) is 3.76. The molecule has 2 aliphatic rings. The average Bonchev–Trinajstić information content (AvgIpc) is 2.48. The van der Waals surface area contributed by atoms with E-state index in [-0.39, 0.29) is 0 Å². The van der Waals surface area contributed by atoms with Crippen LogP contribution in [0.5, 0.6) is 0 Å². The summed E-state index contributed by atoms with van der Waals surface area (Å²) in [6, 6.07) is 1.40. The highest BCUT2D eigenvalue weighted by Crippen LogP contribution is 2.34. The molecule has 1 aliphatic carbocycles. The number of nitrogens with zero attached hydrogens (tertiary/aromatic N) is 1. The predicted octanol–water partition coefficient (Wildman–Crippen LogP) is 3.29. The molecule has 0 bridgehead atoms. The van der Waals surface area contributed by atoms with Crippen molar-refractivity contribution in [3.05, 3.63) is 0 Å². The largest absolute Gasteiger partial charge is 0.377 e. The van der Waals surface area contributed by atoms with Crippen LogP contribution in [0.1, 0.15) is 59.8 Å². The fraction of sp³-hybridized carbons (Fsp3) is 1.00. The maximum absolute atomic E-state index is 5.91. The minimum absolute atomic E-state index is 0.463. The van der Waals surface area contributed by atoms with E-state index in [2.05, 4.69) is 37.9 Å². The number of hydrogen-bond donors (Lipinski definition) is 1. The predicted molar refractivity (Wildman–Crippen MR) is 89.7 cm³/mol. The van der Waals surface area contributed by atoms with Crippen LogP contribution in [0.4, 0.5) is 0 Å². The van der Waals surface area contributed by atoms with Gasteiger partial charge in [0.05, 0.1) is 6.10 Å². The Hall–Kier alpha value is -0.120. The van der Waals surface area contributed by atoms with Gasteiger partial charge in [-0.05, 0) is 64.0 Å². The van der Waals surface area contributed by atoms with Gasteiger partial charge >= 0.3 is 0 Å².